The van der Waals surface area contributed by atoms with Crippen LogP contribution in [0.4, 0.5) is 0 Å². The Balaban J connectivity index is 1.64. The van der Waals surface area contributed by atoms with Crippen molar-refractivity contribution in [2.75, 3.05) is 0 Å². The molecule has 4 heterocycles. The Labute approximate surface area is 146 Å². The summed E-state index contributed by atoms with van der Waals surface area (Å²) in [5, 5.41) is 1.96. The second-order valence-corrected chi connectivity index (χ2v) is 15.9. The molecule has 0 saturated heterocycles. The van der Waals surface area contributed by atoms with Crippen molar-refractivity contribution < 1.29 is 25.9 Å². The molecule has 0 N–H and O–H groups in total. The number of benzene rings is 2. The highest BCUT2D eigenvalue weighted by Crippen LogP contribution is 2.42. The molecule has 2 radical (unpaired) electrons. The van der Waals surface area contributed by atoms with E-state index in [0.29, 0.717) is 0 Å². The van der Waals surface area contributed by atoms with Crippen LogP contribution in [0.5, 0.6) is 0 Å². The van der Waals surface area contributed by atoms with Crippen molar-refractivity contribution in [1.82, 2.24) is 0 Å². The van der Waals surface area contributed by atoms with Crippen molar-refractivity contribution in [2.45, 2.75) is 26.2 Å². The summed E-state index contributed by atoms with van der Waals surface area (Å²) in [4.78, 5) is 0. The topological polar surface area (TPSA) is 71.0 Å². The Morgan fingerprint density at radius 3 is 1.72 bits per heavy atom. The monoisotopic (exact) mass is 386 g/mol. The standard InChI is InChI=1S/C16H14O6Si3/c1-23-21-25(22-24(2,3)4,9-5-7-11(17-7)15-13(9)19-15)10-6-8-12(18-8)16-14(10)20-16/h5-6H,1-4H3. The van der Waals surface area contributed by atoms with Gasteiger partial charge >= 0.3 is 8.56 Å². The summed E-state index contributed by atoms with van der Waals surface area (Å²) in [5.41, 5.74) is 6.77. The molecule has 4 aromatic heterocycles. The van der Waals surface area contributed by atoms with E-state index >= 15 is 0 Å². The minimum Gasteiger partial charge on any atom is -0.445 e. The van der Waals surface area contributed by atoms with E-state index in [1.807, 2.05) is 18.7 Å². The Morgan fingerprint density at radius 2 is 1.28 bits per heavy atom. The molecule has 0 unspecified atom stereocenters. The highest BCUT2D eigenvalue weighted by Gasteiger charge is 2.53. The minimum atomic E-state index is -3.00. The van der Waals surface area contributed by atoms with Crippen LogP contribution >= 0.6 is 0 Å². The highest BCUT2D eigenvalue weighted by molar-refractivity contribution is 7.02. The van der Waals surface area contributed by atoms with Crippen LogP contribution in [0.2, 0.25) is 26.2 Å². The van der Waals surface area contributed by atoms with Gasteiger partial charge in [-0.1, -0.05) is 0 Å². The van der Waals surface area contributed by atoms with E-state index < -0.39 is 16.9 Å². The number of fused-ring (bicyclic) bond motifs is 6. The smallest absolute Gasteiger partial charge is 0.394 e. The van der Waals surface area contributed by atoms with Crippen LogP contribution in [0.3, 0.4) is 0 Å². The first-order valence-corrected chi connectivity index (χ1v) is 14.7. The van der Waals surface area contributed by atoms with Crippen LogP contribution in [-0.4, -0.2) is 26.6 Å². The third kappa shape index (κ3) is 1.95. The molecule has 2 aromatic carbocycles. The third-order valence-electron chi connectivity index (χ3n) is 4.38. The molecule has 6 rings (SSSR count). The predicted molar refractivity (Wildman–Crippen MR) is 98.9 cm³/mol. The first kappa shape index (κ1) is 14.4. The fraction of sp³-hybridized carbons (Fsp3) is 0.250. The molecule has 0 amide bonds. The Kier molecular flexibility index (Phi) is 2.37. The maximum absolute atomic E-state index is 6.81. The lowest BCUT2D eigenvalue weighted by atomic mass is 10.4. The van der Waals surface area contributed by atoms with Crippen LogP contribution in [0.15, 0.2) is 29.8 Å². The van der Waals surface area contributed by atoms with Crippen LogP contribution in [0.1, 0.15) is 0 Å². The molecule has 6 aromatic rings. The quantitative estimate of drug-likeness (QED) is 0.408. The van der Waals surface area contributed by atoms with Crippen molar-refractivity contribution >= 4 is 81.7 Å². The molecule has 6 nitrogen and oxygen atoms in total. The second-order valence-electron chi connectivity index (χ2n) is 7.36. The molecule has 9 heteroatoms. The predicted octanol–water partition coefficient (Wildman–Crippen LogP) is 3.51. The lowest BCUT2D eigenvalue weighted by molar-refractivity contribution is 0.431. The van der Waals surface area contributed by atoms with E-state index in [0.717, 1.165) is 55.0 Å². The molecule has 25 heavy (non-hydrogen) atoms. The summed E-state index contributed by atoms with van der Waals surface area (Å²) in [7, 11) is -4.67. The number of hydrogen-bond acceptors (Lipinski definition) is 6. The molecule has 126 valence electrons. The van der Waals surface area contributed by atoms with Gasteiger partial charge in [0.1, 0.15) is 0 Å². The average molecular weight is 387 g/mol. The molecule has 0 aliphatic rings. The summed E-state index contributed by atoms with van der Waals surface area (Å²) in [6, 6.07) is 4.05. The van der Waals surface area contributed by atoms with E-state index in [4.69, 9.17) is 25.9 Å². The van der Waals surface area contributed by atoms with Gasteiger partial charge in [-0.3, -0.25) is 0 Å². The normalized spacial score (nSPS) is 14.9. The zero-order valence-electron chi connectivity index (χ0n) is 14.1. The fourth-order valence-electron chi connectivity index (χ4n) is 3.32. The highest BCUT2D eigenvalue weighted by atomic mass is 28.5. The Bertz CT molecular complexity index is 1190. The van der Waals surface area contributed by atoms with Crippen LogP contribution in [0.25, 0.3) is 44.7 Å². The van der Waals surface area contributed by atoms with Gasteiger partial charge in [-0.15, -0.1) is 0 Å². The fourth-order valence-corrected chi connectivity index (χ4v) is 12.1. The molecule has 0 bridgehead atoms. The van der Waals surface area contributed by atoms with Gasteiger partial charge in [-0.25, -0.2) is 0 Å². The van der Waals surface area contributed by atoms with Gasteiger partial charge in [-0.2, -0.15) is 0 Å². The van der Waals surface area contributed by atoms with E-state index in [1.54, 1.807) is 0 Å². The summed E-state index contributed by atoms with van der Waals surface area (Å²) in [6.45, 7) is 8.54. The molecule has 0 aliphatic heterocycles. The number of rotatable bonds is 6. The molecule has 0 spiro atoms. The van der Waals surface area contributed by atoms with Crippen molar-refractivity contribution in [3.8, 4) is 0 Å². The summed E-state index contributed by atoms with van der Waals surface area (Å²) in [5.74, 6) is 0. The Hall–Kier alpha value is -1.79. The average Bonchev–Trinajstić information content (AvgIpc) is 3.40. The van der Waals surface area contributed by atoms with Gasteiger partial charge in [0.25, 0.3) is 0 Å². The summed E-state index contributed by atoms with van der Waals surface area (Å²) >= 11 is 0. The second kappa shape index (κ2) is 4.13. The third-order valence-corrected chi connectivity index (χ3v) is 12.1. The summed E-state index contributed by atoms with van der Waals surface area (Å²) < 4.78 is 35.8. The molecule has 0 fully saturated rings. The first-order chi connectivity index (χ1) is 11.9. The summed E-state index contributed by atoms with van der Waals surface area (Å²) in [6.07, 6.45) is 0. The zero-order chi connectivity index (χ0) is 17.1. The van der Waals surface area contributed by atoms with E-state index in [1.165, 1.54) is 0 Å². The van der Waals surface area contributed by atoms with Crippen molar-refractivity contribution in [2.24, 2.45) is 0 Å². The van der Waals surface area contributed by atoms with Crippen LogP contribution < -0.4 is 10.4 Å². The molecular formula is C16H14O6Si3. The maximum Gasteiger partial charge on any atom is 0.394 e. The first-order valence-electron chi connectivity index (χ1n) is 8.10. The lowest BCUT2D eigenvalue weighted by Gasteiger charge is -2.35. The number of hydrogen-bond donors (Lipinski definition) is 0. The van der Waals surface area contributed by atoms with Crippen LogP contribution in [0, 0.1) is 0 Å². The molecule has 0 aliphatic carbocycles. The lowest BCUT2D eigenvalue weighted by Crippen LogP contribution is -2.66. The van der Waals surface area contributed by atoms with Gasteiger partial charge in [0.2, 0.25) is 32.1 Å². The zero-order valence-corrected chi connectivity index (χ0v) is 17.1. The van der Waals surface area contributed by atoms with Crippen LogP contribution in [-0.2, 0) is 8.23 Å². The van der Waals surface area contributed by atoms with Crippen molar-refractivity contribution in [3.05, 3.63) is 12.1 Å². The molecule has 0 saturated carbocycles. The van der Waals surface area contributed by atoms with E-state index in [-0.39, 0.29) is 9.76 Å². The van der Waals surface area contributed by atoms with E-state index in [9.17, 15) is 0 Å². The van der Waals surface area contributed by atoms with Crippen molar-refractivity contribution in [3.63, 3.8) is 0 Å². The van der Waals surface area contributed by atoms with Gasteiger partial charge in [0.05, 0.1) is 0 Å². The van der Waals surface area contributed by atoms with Gasteiger partial charge in [0, 0.05) is 10.4 Å². The SMILES string of the molecule is C[Si]O[Si](O[Si](C)(C)C)(c1cc2oc2c2oc12)c1cc2oc2c2oc12. The van der Waals surface area contributed by atoms with Gasteiger partial charge in [-0.05, 0) is 38.3 Å². The van der Waals surface area contributed by atoms with Gasteiger partial charge < -0.3 is 25.9 Å². The largest absolute Gasteiger partial charge is 0.445 e. The van der Waals surface area contributed by atoms with Gasteiger partial charge in [0.15, 0.2) is 30.6 Å². The molecular weight excluding hydrogens is 372 g/mol. The van der Waals surface area contributed by atoms with Crippen molar-refractivity contribution in [1.29, 1.82) is 0 Å². The Morgan fingerprint density at radius 1 is 0.760 bits per heavy atom. The minimum absolute atomic E-state index is 0.279. The van der Waals surface area contributed by atoms with E-state index in [2.05, 4.69) is 19.6 Å². The molecule has 0 atom stereocenters. The maximum atomic E-state index is 6.81.